The number of rotatable bonds is 4. The van der Waals surface area contributed by atoms with E-state index in [4.69, 9.17) is 16.3 Å². The smallest absolute Gasteiger partial charge is 0.410 e. The van der Waals surface area contributed by atoms with Crippen LogP contribution in [0.5, 0.6) is 0 Å². The number of nitrogens with zero attached hydrogens (tertiary/aromatic N) is 1. The molecule has 0 aromatic carbocycles. The van der Waals surface area contributed by atoms with Gasteiger partial charge in [-0.25, -0.2) is 4.79 Å². The monoisotopic (exact) mass is 233 g/mol. The fraction of sp³-hybridized carbons (Fsp3) is 0.909. The molecule has 1 aliphatic heterocycles. The molecule has 0 aromatic heterocycles. The van der Waals surface area contributed by atoms with Gasteiger partial charge in [0.05, 0.1) is 6.04 Å². The van der Waals surface area contributed by atoms with Crippen molar-refractivity contribution in [3.8, 4) is 0 Å². The average Bonchev–Trinajstić information content (AvgIpc) is 2.81. The first-order valence-electron chi connectivity index (χ1n) is 5.49. The lowest BCUT2D eigenvalue weighted by Crippen LogP contribution is -2.27. The normalized spacial score (nSPS) is 20.3. The van der Waals surface area contributed by atoms with Gasteiger partial charge in [0.25, 0.3) is 0 Å². The number of halogens is 1. The Hall–Kier alpha value is -0.440. The van der Waals surface area contributed by atoms with Crippen LogP contribution in [0.3, 0.4) is 0 Å². The van der Waals surface area contributed by atoms with Crippen molar-refractivity contribution in [3.63, 3.8) is 0 Å². The van der Waals surface area contributed by atoms with Crippen molar-refractivity contribution in [2.45, 2.75) is 51.7 Å². The molecule has 0 radical (unpaired) electrons. The summed E-state index contributed by atoms with van der Waals surface area (Å²) in [4.78, 5) is 13.3. The fourth-order valence-electron chi connectivity index (χ4n) is 1.45. The fourth-order valence-corrected chi connectivity index (χ4v) is 1.63. The van der Waals surface area contributed by atoms with E-state index < -0.39 is 0 Å². The van der Waals surface area contributed by atoms with E-state index in [1.165, 1.54) is 0 Å². The molecule has 4 heteroatoms. The summed E-state index contributed by atoms with van der Waals surface area (Å²) in [5.74, 6) is 0.707. The highest BCUT2D eigenvalue weighted by Crippen LogP contribution is 2.25. The van der Waals surface area contributed by atoms with Crippen molar-refractivity contribution in [1.29, 1.82) is 0 Å². The highest BCUT2D eigenvalue weighted by atomic mass is 35.5. The molecule has 1 aliphatic rings. The minimum atomic E-state index is -0.389. The molecule has 1 atom stereocenters. The van der Waals surface area contributed by atoms with Crippen molar-refractivity contribution in [1.82, 2.24) is 4.90 Å². The van der Waals surface area contributed by atoms with E-state index >= 15 is 0 Å². The minimum Gasteiger partial charge on any atom is -0.444 e. The molecule has 1 saturated heterocycles. The van der Waals surface area contributed by atoms with Crippen molar-refractivity contribution in [2.24, 2.45) is 0 Å². The Bertz CT molecular complexity index is 225. The lowest BCUT2D eigenvalue weighted by molar-refractivity contribution is 0.0405. The molecule has 88 valence electrons. The average molecular weight is 234 g/mol. The van der Waals surface area contributed by atoms with Gasteiger partial charge >= 0.3 is 6.09 Å². The zero-order valence-electron chi connectivity index (χ0n) is 9.75. The van der Waals surface area contributed by atoms with Gasteiger partial charge in [0.1, 0.15) is 5.60 Å². The third-order valence-corrected chi connectivity index (χ3v) is 2.53. The molecule has 0 aromatic rings. The van der Waals surface area contributed by atoms with E-state index in [0.717, 1.165) is 25.8 Å². The number of carbonyl (C=O) groups is 1. The Morgan fingerprint density at radius 1 is 1.47 bits per heavy atom. The predicted octanol–water partition coefficient (Wildman–Crippen LogP) is 3.01. The van der Waals surface area contributed by atoms with Crippen LogP contribution in [0.4, 0.5) is 4.79 Å². The zero-order chi connectivity index (χ0) is 11.5. The summed E-state index contributed by atoms with van der Waals surface area (Å²) in [5.41, 5.74) is -0.389. The van der Waals surface area contributed by atoms with Crippen LogP contribution < -0.4 is 0 Å². The third-order valence-electron chi connectivity index (χ3n) is 2.26. The standard InChI is InChI=1S/C11H20ClNO2/c1-11(2,3)15-10(14)13-8-9(13)6-4-5-7-12/h9H,4-8H2,1-3H3/t9-,13?/m0/s1. The van der Waals surface area contributed by atoms with Crippen molar-refractivity contribution in [3.05, 3.63) is 0 Å². The molecule has 0 unspecified atom stereocenters. The quantitative estimate of drug-likeness (QED) is 0.424. The van der Waals surface area contributed by atoms with Gasteiger partial charge < -0.3 is 9.64 Å². The van der Waals surface area contributed by atoms with E-state index in [0.29, 0.717) is 11.9 Å². The maximum absolute atomic E-state index is 11.5. The number of hydrogen-bond donors (Lipinski definition) is 0. The Morgan fingerprint density at radius 2 is 2.13 bits per heavy atom. The largest absolute Gasteiger partial charge is 0.444 e. The Labute approximate surface area is 96.7 Å². The van der Waals surface area contributed by atoms with Gasteiger partial charge in [0, 0.05) is 12.4 Å². The Kier molecular flexibility index (Phi) is 4.26. The van der Waals surface area contributed by atoms with Crippen LogP contribution in [-0.4, -0.2) is 35.1 Å². The van der Waals surface area contributed by atoms with Crippen LogP contribution in [0.25, 0.3) is 0 Å². The number of amides is 1. The van der Waals surface area contributed by atoms with Gasteiger partial charge in [-0.3, -0.25) is 0 Å². The van der Waals surface area contributed by atoms with Crippen LogP contribution in [0.2, 0.25) is 0 Å². The first-order valence-corrected chi connectivity index (χ1v) is 6.03. The second-order valence-corrected chi connectivity index (χ2v) is 5.35. The van der Waals surface area contributed by atoms with E-state index in [9.17, 15) is 4.79 Å². The molecule has 1 rings (SSSR count). The maximum Gasteiger partial charge on any atom is 0.410 e. The van der Waals surface area contributed by atoms with Crippen LogP contribution in [0, 0.1) is 0 Å². The van der Waals surface area contributed by atoms with Crippen LogP contribution >= 0.6 is 11.6 Å². The van der Waals surface area contributed by atoms with Gasteiger partial charge in [0.15, 0.2) is 0 Å². The lowest BCUT2D eigenvalue weighted by Gasteiger charge is -2.19. The summed E-state index contributed by atoms with van der Waals surface area (Å²) in [7, 11) is 0. The van der Waals surface area contributed by atoms with Gasteiger partial charge in [-0.15, -0.1) is 11.6 Å². The SMILES string of the molecule is CC(C)(C)OC(=O)N1C[C@@H]1CCCCCl. The molecular weight excluding hydrogens is 214 g/mol. The van der Waals surface area contributed by atoms with Gasteiger partial charge in [-0.05, 0) is 33.6 Å². The second-order valence-electron chi connectivity index (χ2n) is 4.97. The molecule has 0 saturated carbocycles. The van der Waals surface area contributed by atoms with Crippen LogP contribution in [0.15, 0.2) is 0 Å². The number of alkyl halides is 1. The summed E-state index contributed by atoms with van der Waals surface area (Å²) in [6.07, 6.45) is 2.98. The molecule has 1 fully saturated rings. The summed E-state index contributed by atoms with van der Waals surface area (Å²) >= 11 is 5.59. The van der Waals surface area contributed by atoms with Crippen molar-refractivity contribution >= 4 is 17.7 Å². The molecular formula is C11H20ClNO2. The van der Waals surface area contributed by atoms with Gasteiger partial charge in [0.2, 0.25) is 0 Å². The molecule has 15 heavy (non-hydrogen) atoms. The van der Waals surface area contributed by atoms with Gasteiger partial charge in [-0.2, -0.15) is 0 Å². The van der Waals surface area contributed by atoms with E-state index in [-0.39, 0.29) is 11.7 Å². The predicted molar refractivity (Wildman–Crippen MR) is 61.3 cm³/mol. The molecule has 1 amide bonds. The second kappa shape index (κ2) is 5.06. The first kappa shape index (κ1) is 12.6. The van der Waals surface area contributed by atoms with E-state index in [1.54, 1.807) is 4.90 Å². The van der Waals surface area contributed by atoms with Crippen molar-refractivity contribution in [2.75, 3.05) is 12.4 Å². The molecule has 0 spiro atoms. The number of ether oxygens (including phenoxy) is 1. The summed E-state index contributed by atoms with van der Waals surface area (Å²) in [6, 6.07) is 0.392. The lowest BCUT2D eigenvalue weighted by atomic mass is 10.2. The molecule has 3 nitrogen and oxygen atoms in total. The molecule has 0 N–H and O–H groups in total. The number of unbranched alkanes of at least 4 members (excludes halogenated alkanes) is 1. The van der Waals surface area contributed by atoms with E-state index in [1.807, 2.05) is 20.8 Å². The molecule has 0 bridgehead atoms. The third kappa shape index (κ3) is 4.74. The van der Waals surface area contributed by atoms with Crippen LogP contribution in [0.1, 0.15) is 40.0 Å². The molecule has 1 heterocycles. The summed E-state index contributed by atoms with van der Waals surface area (Å²) < 4.78 is 5.26. The van der Waals surface area contributed by atoms with Crippen LogP contribution in [-0.2, 0) is 4.74 Å². The van der Waals surface area contributed by atoms with Gasteiger partial charge in [-0.1, -0.05) is 6.42 Å². The van der Waals surface area contributed by atoms with E-state index in [2.05, 4.69) is 0 Å². The maximum atomic E-state index is 11.5. The highest BCUT2D eigenvalue weighted by Gasteiger charge is 2.40. The number of hydrogen-bond acceptors (Lipinski definition) is 2. The minimum absolute atomic E-state index is 0.182. The Balaban J connectivity index is 2.17. The number of carbonyl (C=O) groups excluding carboxylic acids is 1. The topological polar surface area (TPSA) is 29.3 Å². The molecule has 0 aliphatic carbocycles. The highest BCUT2D eigenvalue weighted by molar-refractivity contribution is 6.17. The zero-order valence-corrected chi connectivity index (χ0v) is 10.5. The Morgan fingerprint density at radius 3 is 2.67 bits per heavy atom. The van der Waals surface area contributed by atoms with Crippen molar-refractivity contribution < 1.29 is 9.53 Å². The summed E-state index contributed by atoms with van der Waals surface area (Å²) in [6.45, 7) is 6.50. The summed E-state index contributed by atoms with van der Waals surface area (Å²) in [5, 5.41) is 0. The first-order chi connectivity index (χ1) is 6.94.